The van der Waals surface area contributed by atoms with E-state index in [0.717, 1.165) is 19.3 Å². The summed E-state index contributed by atoms with van der Waals surface area (Å²) >= 11 is 0. The van der Waals surface area contributed by atoms with E-state index in [1.807, 2.05) is 0 Å². The van der Waals surface area contributed by atoms with Crippen molar-refractivity contribution in [2.24, 2.45) is 5.73 Å². The molecule has 0 fully saturated rings. The van der Waals surface area contributed by atoms with E-state index in [1.54, 1.807) is 0 Å². The first kappa shape index (κ1) is 10.2. The second kappa shape index (κ2) is 5.92. The molecule has 0 saturated carbocycles. The number of hydrogen-bond acceptors (Lipinski definition) is 2. The summed E-state index contributed by atoms with van der Waals surface area (Å²) in [6.45, 7) is 4.10. The van der Waals surface area contributed by atoms with E-state index in [2.05, 4.69) is 6.58 Å². The lowest BCUT2D eigenvalue weighted by molar-refractivity contribution is -0.132. The molecule has 0 rings (SSSR count). The van der Waals surface area contributed by atoms with Crippen molar-refractivity contribution in [2.45, 2.75) is 25.7 Å². The van der Waals surface area contributed by atoms with Gasteiger partial charge >= 0.3 is 5.97 Å². The Morgan fingerprint density at radius 1 is 1.36 bits per heavy atom. The van der Waals surface area contributed by atoms with E-state index in [1.165, 1.54) is 0 Å². The molecule has 0 bridgehead atoms. The van der Waals surface area contributed by atoms with Gasteiger partial charge in [-0.05, 0) is 25.8 Å². The van der Waals surface area contributed by atoms with Crippen molar-refractivity contribution in [3.8, 4) is 0 Å². The standard InChI is InChI=1S/C8H15NO2/c1-7(8(10)11)5-3-2-4-6-9/h1-6,9H2,(H,10,11). The number of hydrogen-bond donors (Lipinski definition) is 2. The third kappa shape index (κ3) is 5.61. The van der Waals surface area contributed by atoms with E-state index in [9.17, 15) is 4.79 Å². The smallest absolute Gasteiger partial charge is 0.330 e. The third-order valence-corrected chi connectivity index (χ3v) is 1.49. The van der Waals surface area contributed by atoms with Gasteiger partial charge in [-0.1, -0.05) is 13.0 Å². The molecule has 0 unspecified atom stereocenters. The molecule has 0 aromatic heterocycles. The summed E-state index contributed by atoms with van der Waals surface area (Å²) in [6.07, 6.45) is 3.41. The predicted octanol–water partition coefficient (Wildman–Crippen LogP) is 1.15. The van der Waals surface area contributed by atoms with Crippen LogP contribution in [0.5, 0.6) is 0 Å². The fourth-order valence-electron chi connectivity index (χ4n) is 0.766. The molecule has 0 amide bonds. The van der Waals surface area contributed by atoms with Crippen LogP contribution in [0.25, 0.3) is 0 Å². The molecule has 0 aromatic rings. The van der Waals surface area contributed by atoms with Crippen molar-refractivity contribution in [1.82, 2.24) is 0 Å². The largest absolute Gasteiger partial charge is 0.478 e. The van der Waals surface area contributed by atoms with E-state index >= 15 is 0 Å². The van der Waals surface area contributed by atoms with Crippen LogP contribution in [0.1, 0.15) is 25.7 Å². The van der Waals surface area contributed by atoms with Crippen LogP contribution in [-0.4, -0.2) is 17.6 Å². The number of carboxylic acids is 1. The summed E-state index contributed by atoms with van der Waals surface area (Å²) < 4.78 is 0. The first-order chi connectivity index (χ1) is 5.18. The van der Waals surface area contributed by atoms with E-state index < -0.39 is 5.97 Å². The monoisotopic (exact) mass is 157 g/mol. The Morgan fingerprint density at radius 2 is 2.00 bits per heavy atom. The van der Waals surface area contributed by atoms with Crippen LogP contribution in [0.4, 0.5) is 0 Å². The van der Waals surface area contributed by atoms with Gasteiger partial charge in [-0.2, -0.15) is 0 Å². The summed E-state index contributed by atoms with van der Waals surface area (Å²) in [6, 6.07) is 0. The van der Waals surface area contributed by atoms with Crippen molar-refractivity contribution in [3.63, 3.8) is 0 Å². The van der Waals surface area contributed by atoms with Crippen LogP contribution in [0, 0.1) is 0 Å². The van der Waals surface area contributed by atoms with Crippen LogP contribution < -0.4 is 5.73 Å². The summed E-state index contributed by atoms with van der Waals surface area (Å²) in [7, 11) is 0. The fourth-order valence-corrected chi connectivity index (χ4v) is 0.766. The molecule has 0 saturated heterocycles. The minimum atomic E-state index is -0.891. The van der Waals surface area contributed by atoms with Crippen molar-refractivity contribution >= 4 is 5.97 Å². The lowest BCUT2D eigenvalue weighted by atomic mass is 10.1. The number of carboxylic acid groups (broad SMARTS) is 1. The Morgan fingerprint density at radius 3 is 2.45 bits per heavy atom. The average Bonchev–Trinajstić information content (AvgIpc) is 1.97. The number of rotatable bonds is 6. The lowest BCUT2D eigenvalue weighted by Crippen LogP contribution is -2.00. The Bertz CT molecular complexity index is 143. The van der Waals surface area contributed by atoms with Gasteiger partial charge < -0.3 is 10.8 Å². The van der Waals surface area contributed by atoms with Crippen LogP contribution in [0.15, 0.2) is 12.2 Å². The first-order valence-electron chi connectivity index (χ1n) is 3.79. The fraction of sp³-hybridized carbons (Fsp3) is 0.625. The number of unbranched alkanes of at least 4 members (excludes halogenated alkanes) is 2. The summed E-state index contributed by atoms with van der Waals surface area (Å²) in [5.41, 5.74) is 5.56. The zero-order valence-corrected chi connectivity index (χ0v) is 6.68. The Labute approximate surface area is 66.9 Å². The molecule has 0 radical (unpaired) electrons. The molecule has 64 valence electrons. The van der Waals surface area contributed by atoms with Gasteiger partial charge in [0.05, 0.1) is 0 Å². The minimum absolute atomic E-state index is 0.294. The van der Waals surface area contributed by atoms with Crippen LogP contribution in [-0.2, 0) is 4.79 Å². The summed E-state index contributed by atoms with van der Waals surface area (Å²) in [4.78, 5) is 10.2. The van der Waals surface area contributed by atoms with Crippen molar-refractivity contribution in [1.29, 1.82) is 0 Å². The zero-order chi connectivity index (χ0) is 8.69. The van der Waals surface area contributed by atoms with Gasteiger partial charge in [0.25, 0.3) is 0 Å². The lowest BCUT2D eigenvalue weighted by Gasteiger charge is -1.98. The molecule has 3 N–H and O–H groups in total. The maximum absolute atomic E-state index is 10.2. The van der Waals surface area contributed by atoms with Gasteiger partial charge in [0.2, 0.25) is 0 Å². The second-order valence-corrected chi connectivity index (χ2v) is 2.51. The predicted molar refractivity (Wildman–Crippen MR) is 44.3 cm³/mol. The van der Waals surface area contributed by atoms with Crippen LogP contribution in [0.2, 0.25) is 0 Å². The Hall–Kier alpha value is -0.830. The average molecular weight is 157 g/mol. The molecule has 0 aliphatic carbocycles. The first-order valence-corrected chi connectivity index (χ1v) is 3.79. The molecule has 0 atom stereocenters. The molecule has 0 aliphatic heterocycles. The quantitative estimate of drug-likeness (QED) is 0.449. The molecule has 0 spiro atoms. The van der Waals surface area contributed by atoms with Gasteiger partial charge in [-0.3, -0.25) is 0 Å². The van der Waals surface area contributed by atoms with Crippen molar-refractivity contribution < 1.29 is 9.90 Å². The molecule has 3 heteroatoms. The zero-order valence-electron chi connectivity index (χ0n) is 6.68. The van der Waals surface area contributed by atoms with Gasteiger partial charge in [0, 0.05) is 5.57 Å². The Kier molecular flexibility index (Phi) is 5.47. The van der Waals surface area contributed by atoms with Crippen molar-refractivity contribution in [2.75, 3.05) is 6.54 Å². The number of aliphatic carboxylic acids is 1. The van der Waals surface area contributed by atoms with Gasteiger partial charge in [-0.15, -0.1) is 0 Å². The minimum Gasteiger partial charge on any atom is -0.478 e. The summed E-state index contributed by atoms with van der Waals surface area (Å²) in [5.74, 6) is -0.891. The topological polar surface area (TPSA) is 63.3 Å². The highest BCUT2D eigenvalue weighted by atomic mass is 16.4. The van der Waals surface area contributed by atoms with Gasteiger partial charge in [0.1, 0.15) is 0 Å². The second-order valence-electron chi connectivity index (χ2n) is 2.51. The molecule has 11 heavy (non-hydrogen) atoms. The normalized spacial score (nSPS) is 9.55. The third-order valence-electron chi connectivity index (χ3n) is 1.49. The maximum Gasteiger partial charge on any atom is 0.330 e. The molecule has 3 nitrogen and oxygen atoms in total. The highest BCUT2D eigenvalue weighted by Gasteiger charge is 2.01. The van der Waals surface area contributed by atoms with E-state index in [-0.39, 0.29) is 0 Å². The molecule has 0 aromatic carbocycles. The SMILES string of the molecule is C=C(CCCCCN)C(=O)O. The van der Waals surface area contributed by atoms with Gasteiger partial charge in [-0.25, -0.2) is 4.79 Å². The van der Waals surface area contributed by atoms with Gasteiger partial charge in [0.15, 0.2) is 0 Å². The van der Waals surface area contributed by atoms with Crippen LogP contribution >= 0.6 is 0 Å². The van der Waals surface area contributed by atoms with Crippen molar-refractivity contribution in [3.05, 3.63) is 12.2 Å². The highest BCUT2D eigenvalue weighted by molar-refractivity contribution is 5.85. The molecule has 0 aliphatic rings. The summed E-state index contributed by atoms with van der Waals surface area (Å²) in [5, 5.41) is 8.41. The van der Waals surface area contributed by atoms with E-state index in [4.69, 9.17) is 10.8 Å². The molecular formula is C8H15NO2. The molecular weight excluding hydrogens is 142 g/mol. The molecule has 0 heterocycles. The Balaban J connectivity index is 3.25. The highest BCUT2D eigenvalue weighted by Crippen LogP contribution is 2.06. The maximum atomic E-state index is 10.2. The number of nitrogens with two attached hydrogens (primary N) is 1. The van der Waals surface area contributed by atoms with E-state index in [0.29, 0.717) is 18.5 Å². The number of carbonyl (C=O) groups is 1. The van der Waals surface area contributed by atoms with Crippen LogP contribution in [0.3, 0.4) is 0 Å².